The Kier molecular flexibility index (Phi) is 4.77. The molecule has 0 bridgehead atoms. The molecule has 0 aromatic heterocycles. The SMILES string of the molecule is COc1ccc(C(=O)CCl)cc1CN(C)C. The predicted molar refractivity (Wildman–Crippen MR) is 65.4 cm³/mol. The molecule has 0 saturated heterocycles. The van der Waals surface area contributed by atoms with Crippen molar-refractivity contribution in [3.8, 4) is 5.75 Å². The smallest absolute Gasteiger partial charge is 0.177 e. The van der Waals surface area contributed by atoms with Crippen LogP contribution >= 0.6 is 11.6 Å². The highest BCUT2D eigenvalue weighted by molar-refractivity contribution is 6.30. The molecule has 0 saturated carbocycles. The van der Waals surface area contributed by atoms with Crippen LogP contribution in [-0.4, -0.2) is 37.8 Å². The van der Waals surface area contributed by atoms with Gasteiger partial charge in [-0.1, -0.05) is 0 Å². The number of ether oxygens (including phenoxy) is 1. The van der Waals surface area contributed by atoms with Crippen molar-refractivity contribution in [3.63, 3.8) is 0 Å². The molecule has 0 radical (unpaired) electrons. The van der Waals surface area contributed by atoms with Gasteiger partial charge in [-0.15, -0.1) is 11.6 Å². The van der Waals surface area contributed by atoms with Crippen molar-refractivity contribution in [1.29, 1.82) is 0 Å². The average Bonchev–Trinajstić information content (AvgIpc) is 2.27. The lowest BCUT2D eigenvalue weighted by Crippen LogP contribution is -2.12. The zero-order valence-corrected chi connectivity index (χ0v) is 10.5. The number of rotatable bonds is 5. The van der Waals surface area contributed by atoms with Gasteiger partial charge in [0, 0.05) is 17.7 Å². The van der Waals surface area contributed by atoms with Crippen LogP contribution in [-0.2, 0) is 6.54 Å². The van der Waals surface area contributed by atoms with Crippen LogP contribution in [0.3, 0.4) is 0 Å². The summed E-state index contributed by atoms with van der Waals surface area (Å²) in [6.45, 7) is 0.729. The number of halogens is 1. The predicted octanol–water partition coefficient (Wildman–Crippen LogP) is 2.18. The van der Waals surface area contributed by atoms with E-state index in [-0.39, 0.29) is 11.7 Å². The standard InChI is InChI=1S/C12H16ClNO2/c1-14(2)8-10-6-9(11(15)7-13)4-5-12(10)16-3/h4-6H,7-8H2,1-3H3. The molecule has 0 aliphatic carbocycles. The fourth-order valence-electron chi connectivity index (χ4n) is 1.49. The lowest BCUT2D eigenvalue weighted by Gasteiger charge is -2.14. The Morgan fingerprint density at radius 2 is 2.12 bits per heavy atom. The van der Waals surface area contributed by atoms with Gasteiger partial charge in [-0.3, -0.25) is 4.79 Å². The van der Waals surface area contributed by atoms with Gasteiger partial charge in [0.25, 0.3) is 0 Å². The number of alkyl halides is 1. The number of nitrogens with zero attached hydrogens (tertiary/aromatic N) is 1. The van der Waals surface area contributed by atoms with Crippen LogP contribution in [0.15, 0.2) is 18.2 Å². The van der Waals surface area contributed by atoms with Gasteiger partial charge in [0.15, 0.2) is 5.78 Å². The topological polar surface area (TPSA) is 29.5 Å². The minimum absolute atomic E-state index is 0.00767. The molecule has 0 fully saturated rings. The number of carbonyl (C=O) groups excluding carboxylic acids is 1. The molecular formula is C12H16ClNO2. The Balaban J connectivity index is 3.05. The molecule has 1 aromatic carbocycles. The molecule has 1 aromatic rings. The Morgan fingerprint density at radius 1 is 1.44 bits per heavy atom. The van der Waals surface area contributed by atoms with Gasteiger partial charge in [-0.05, 0) is 32.3 Å². The minimum atomic E-state index is -0.0654. The van der Waals surface area contributed by atoms with E-state index < -0.39 is 0 Å². The van der Waals surface area contributed by atoms with E-state index in [1.54, 1.807) is 19.2 Å². The van der Waals surface area contributed by atoms with Crippen molar-refractivity contribution < 1.29 is 9.53 Å². The molecule has 0 unspecified atom stereocenters. The number of methoxy groups -OCH3 is 1. The maximum absolute atomic E-state index is 11.5. The van der Waals surface area contributed by atoms with Gasteiger partial charge in [-0.25, -0.2) is 0 Å². The number of ketones is 1. The Labute approximate surface area is 101 Å². The maximum Gasteiger partial charge on any atom is 0.177 e. The summed E-state index contributed by atoms with van der Waals surface area (Å²) in [4.78, 5) is 13.5. The Hall–Kier alpha value is -1.06. The van der Waals surface area contributed by atoms with Gasteiger partial charge in [-0.2, -0.15) is 0 Å². The van der Waals surface area contributed by atoms with Crippen molar-refractivity contribution in [1.82, 2.24) is 4.90 Å². The van der Waals surface area contributed by atoms with Crippen LogP contribution in [0.1, 0.15) is 15.9 Å². The van der Waals surface area contributed by atoms with E-state index in [9.17, 15) is 4.79 Å². The first-order chi connectivity index (χ1) is 7.58. The van der Waals surface area contributed by atoms with Crippen molar-refractivity contribution in [2.24, 2.45) is 0 Å². The van der Waals surface area contributed by atoms with Crippen molar-refractivity contribution in [2.45, 2.75) is 6.54 Å². The van der Waals surface area contributed by atoms with Gasteiger partial charge in [0.05, 0.1) is 13.0 Å². The molecule has 0 atom stereocenters. The summed E-state index contributed by atoms with van der Waals surface area (Å²) < 4.78 is 5.24. The number of carbonyl (C=O) groups is 1. The van der Waals surface area contributed by atoms with E-state index in [1.165, 1.54) is 0 Å². The second-order valence-electron chi connectivity index (χ2n) is 3.82. The largest absolute Gasteiger partial charge is 0.496 e. The van der Waals surface area contributed by atoms with E-state index >= 15 is 0 Å². The molecule has 1 rings (SSSR count). The van der Waals surface area contributed by atoms with Crippen molar-refractivity contribution >= 4 is 17.4 Å². The third-order valence-electron chi connectivity index (χ3n) is 2.21. The van der Waals surface area contributed by atoms with E-state index in [0.29, 0.717) is 5.56 Å². The number of hydrogen-bond donors (Lipinski definition) is 0. The second-order valence-corrected chi connectivity index (χ2v) is 4.09. The van der Waals surface area contributed by atoms with Crippen LogP contribution in [0, 0.1) is 0 Å². The Morgan fingerprint density at radius 3 is 2.62 bits per heavy atom. The quantitative estimate of drug-likeness (QED) is 0.585. The van der Waals surface area contributed by atoms with E-state index in [4.69, 9.17) is 16.3 Å². The zero-order chi connectivity index (χ0) is 12.1. The molecule has 0 aliphatic rings. The molecule has 88 valence electrons. The molecule has 3 nitrogen and oxygen atoms in total. The van der Waals surface area contributed by atoms with Crippen molar-refractivity contribution in [2.75, 3.05) is 27.1 Å². The molecule has 16 heavy (non-hydrogen) atoms. The summed E-state index contributed by atoms with van der Waals surface area (Å²) in [5.74, 6) is 0.734. The molecule has 0 aliphatic heterocycles. The van der Waals surface area contributed by atoms with Crippen LogP contribution in [0.5, 0.6) is 5.75 Å². The maximum atomic E-state index is 11.5. The highest BCUT2D eigenvalue weighted by Crippen LogP contribution is 2.21. The van der Waals surface area contributed by atoms with Crippen molar-refractivity contribution in [3.05, 3.63) is 29.3 Å². The molecule has 4 heteroatoms. The number of Topliss-reactive ketones (excluding diaryl/α,β-unsaturated/α-hetero) is 1. The summed E-state index contributed by atoms with van der Waals surface area (Å²) in [5.41, 5.74) is 1.62. The zero-order valence-electron chi connectivity index (χ0n) is 9.79. The number of benzene rings is 1. The second kappa shape index (κ2) is 5.87. The van der Waals surface area contributed by atoms with E-state index in [2.05, 4.69) is 0 Å². The van der Waals surface area contributed by atoms with Crippen LogP contribution < -0.4 is 4.74 Å². The Bertz CT molecular complexity index is 377. The first-order valence-electron chi connectivity index (χ1n) is 4.99. The first-order valence-corrected chi connectivity index (χ1v) is 5.52. The van der Waals surface area contributed by atoms with Gasteiger partial charge >= 0.3 is 0 Å². The van der Waals surface area contributed by atoms with Gasteiger partial charge in [0.2, 0.25) is 0 Å². The van der Waals surface area contributed by atoms with Crippen LogP contribution in [0.2, 0.25) is 0 Å². The normalized spacial score (nSPS) is 10.6. The average molecular weight is 242 g/mol. The first kappa shape index (κ1) is 13.0. The summed E-state index contributed by atoms with van der Waals surface area (Å²) in [6.07, 6.45) is 0. The lowest BCUT2D eigenvalue weighted by molar-refractivity contribution is 0.102. The highest BCUT2D eigenvalue weighted by Gasteiger charge is 2.09. The van der Waals surface area contributed by atoms with Crippen LogP contribution in [0.25, 0.3) is 0 Å². The highest BCUT2D eigenvalue weighted by atomic mass is 35.5. The third kappa shape index (κ3) is 3.22. The summed E-state index contributed by atoms with van der Waals surface area (Å²) in [5, 5.41) is 0. The monoisotopic (exact) mass is 241 g/mol. The molecule has 0 amide bonds. The van der Waals surface area contributed by atoms with Gasteiger partial charge in [0.1, 0.15) is 5.75 Å². The lowest BCUT2D eigenvalue weighted by atomic mass is 10.1. The van der Waals surface area contributed by atoms with Crippen LogP contribution in [0.4, 0.5) is 0 Å². The molecule has 0 heterocycles. The summed E-state index contributed by atoms with van der Waals surface area (Å²) >= 11 is 5.53. The fourth-order valence-corrected chi connectivity index (χ4v) is 1.65. The van der Waals surface area contributed by atoms with E-state index in [1.807, 2.05) is 25.1 Å². The van der Waals surface area contributed by atoms with E-state index in [0.717, 1.165) is 17.9 Å². The molecule has 0 N–H and O–H groups in total. The van der Waals surface area contributed by atoms with Gasteiger partial charge < -0.3 is 9.64 Å². The third-order valence-corrected chi connectivity index (χ3v) is 2.45. The molecule has 0 spiro atoms. The fraction of sp³-hybridized carbons (Fsp3) is 0.417. The molecular weight excluding hydrogens is 226 g/mol. The summed E-state index contributed by atoms with van der Waals surface area (Å²) in [6, 6.07) is 5.38. The minimum Gasteiger partial charge on any atom is -0.496 e. The number of hydrogen-bond acceptors (Lipinski definition) is 3. The summed E-state index contributed by atoms with van der Waals surface area (Å²) in [7, 11) is 5.56.